The van der Waals surface area contributed by atoms with E-state index >= 15 is 0 Å². The summed E-state index contributed by atoms with van der Waals surface area (Å²) in [6.07, 6.45) is 0.823. The Morgan fingerprint density at radius 2 is 2.24 bits per heavy atom. The van der Waals surface area contributed by atoms with Crippen LogP contribution in [0.25, 0.3) is 0 Å². The molecule has 0 amide bonds. The Kier molecular flexibility index (Phi) is 3.99. The van der Waals surface area contributed by atoms with Crippen molar-refractivity contribution < 1.29 is 9.47 Å². The standard InChI is InChI=1S/C16H18BrNO2S/c1-16(2)7-14(18)13-4-3-11(6-15(13)20-16)19-8-12-5-10(17)9-21-12/h3-6,9,14H,7-8,18H2,1-2H3. The van der Waals surface area contributed by atoms with Crippen LogP contribution in [0, 0.1) is 0 Å². The Balaban J connectivity index is 1.76. The normalized spacial score (nSPS) is 19.7. The number of hydrogen-bond acceptors (Lipinski definition) is 4. The molecule has 1 aliphatic heterocycles. The molecule has 21 heavy (non-hydrogen) atoms. The number of nitrogens with two attached hydrogens (primary N) is 1. The second-order valence-electron chi connectivity index (χ2n) is 5.89. The molecule has 1 aromatic heterocycles. The lowest BCUT2D eigenvalue weighted by atomic mass is 9.90. The summed E-state index contributed by atoms with van der Waals surface area (Å²) in [5, 5.41) is 2.05. The molecule has 0 spiro atoms. The molecule has 1 aromatic carbocycles. The number of halogens is 1. The van der Waals surface area contributed by atoms with Crippen molar-refractivity contribution in [2.24, 2.45) is 5.73 Å². The lowest BCUT2D eigenvalue weighted by Gasteiger charge is -2.36. The molecule has 3 rings (SSSR count). The summed E-state index contributed by atoms with van der Waals surface area (Å²) in [5.74, 6) is 1.65. The third-order valence-corrected chi connectivity index (χ3v) is 5.16. The fourth-order valence-electron chi connectivity index (χ4n) is 2.56. The van der Waals surface area contributed by atoms with Crippen LogP contribution in [0.5, 0.6) is 11.5 Å². The van der Waals surface area contributed by atoms with Gasteiger partial charge in [-0.1, -0.05) is 6.07 Å². The molecule has 1 aliphatic rings. The first-order valence-electron chi connectivity index (χ1n) is 6.87. The molecule has 112 valence electrons. The van der Waals surface area contributed by atoms with Crippen molar-refractivity contribution in [2.75, 3.05) is 0 Å². The van der Waals surface area contributed by atoms with E-state index in [0.717, 1.165) is 28.0 Å². The summed E-state index contributed by atoms with van der Waals surface area (Å²) in [5.41, 5.74) is 7.04. The minimum Gasteiger partial charge on any atom is -0.488 e. The van der Waals surface area contributed by atoms with Crippen molar-refractivity contribution in [3.8, 4) is 11.5 Å². The lowest BCUT2D eigenvalue weighted by molar-refractivity contribution is 0.0724. The molecule has 0 bridgehead atoms. The smallest absolute Gasteiger partial charge is 0.128 e. The third kappa shape index (κ3) is 3.42. The van der Waals surface area contributed by atoms with Crippen LogP contribution in [-0.4, -0.2) is 5.60 Å². The van der Waals surface area contributed by atoms with Crippen molar-refractivity contribution in [3.63, 3.8) is 0 Å². The Hall–Kier alpha value is -1.04. The third-order valence-electron chi connectivity index (χ3n) is 3.49. The highest BCUT2D eigenvalue weighted by Crippen LogP contribution is 2.40. The lowest BCUT2D eigenvalue weighted by Crippen LogP contribution is -2.37. The number of thiophene rings is 1. The van der Waals surface area contributed by atoms with Gasteiger partial charge < -0.3 is 15.2 Å². The Bertz CT molecular complexity index is 653. The fraction of sp³-hybridized carbons (Fsp3) is 0.375. The largest absolute Gasteiger partial charge is 0.488 e. The van der Waals surface area contributed by atoms with Gasteiger partial charge in [0.05, 0.1) is 0 Å². The summed E-state index contributed by atoms with van der Waals surface area (Å²) >= 11 is 5.12. The predicted octanol–water partition coefficient (Wildman–Crippen LogP) is 4.65. The zero-order chi connectivity index (χ0) is 15.0. The zero-order valence-electron chi connectivity index (χ0n) is 12.1. The predicted molar refractivity (Wildman–Crippen MR) is 89.0 cm³/mol. The van der Waals surface area contributed by atoms with Crippen LogP contribution in [0.3, 0.4) is 0 Å². The van der Waals surface area contributed by atoms with Gasteiger partial charge in [-0.3, -0.25) is 0 Å². The highest BCUT2D eigenvalue weighted by atomic mass is 79.9. The molecule has 0 aliphatic carbocycles. The van der Waals surface area contributed by atoms with Gasteiger partial charge in [0.2, 0.25) is 0 Å². The molecular formula is C16H18BrNO2S. The first-order valence-corrected chi connectivity index (χ1v) is 8.54. The van der Waals surface area contributed by atoms with E-state index in [0.29, 0.717) is 6.61 Å². The molecule has 0 fully saturated rings. The molecule has 0 saturated carbocycles. The van der Waals surface area contributed by atoms with Crippen LogP contribution in [-0.2, 0) is 6.61 Å². The number of fused-ring (bicyclic) bond motifs is 1. The van der Waals surface area contributed by atoms with Crippen molar-refractivity contribution in [1.29, 1.82) is 0 Å². The highest BCUT2D eigenvalue weighted by molar-refractivity contribution is 9.10. The molecular weight excluding hydrogens is 350 g/mol. The summed E-state index contributed by atoms with van der Waals surface area (Å²) in [4.78, 5) is 1.18. The van der Waals surface area contributed by atoms with Gasteiger partial charge in [0, 0.05) is 38.8 Å². The van der Waals surface area contributed by atoms with E-state index < -0.39 is 0 Å². The van der Waals surface area contributed by atoms with Crippen LogP contribution >= 0.6 is 27.3 Å². The van der Waals surface area contributed by atoms with Gasteiger partial charge in [0.1, 0.15) is 23.7 Å². The molecule has 3 nitrogen and oxygen atoms in total. The molecule has 5 heteroatoms. The molecule has 1 atom stereocenters. The SMILES string of the molecule is CC1(C)CC(N)c2ccc(OCc3cc(Br)cs3)cc2O1. The van der Waals surface area contributed by atoms with Gasteiger partial charge in [0.25, 0.3) is 0 Å². The van der Waals surface area contributed by atoms with E-state index in [-0.39, 0.29) is 11.6 Å². The topological polar surface area (TPSA) is 44.5 Å². The van der Waals surface area contributed by atoms with Crippen molar-refractivity contribution >= 4 is 27.3 Å². The van der Waals surface area contributed by atoms with Crippen LogP contribution in [0.4, 0.5) is 0 Å². The minimum atomic E-state index is -0.232. The molecule has 1 unspecified atom stereocenters. The van der Waals surface area contributed by atoms with E-state index in [1.165, 1.54) is 4.88 Å². The zero-order valence-corrected chi connectivity index (χ0v) is 14.5. The molecule has 2 heterocycles. The summed E-state index contributed by atoms with van der Waals surface area (Å²) in [6.45, 7) is 4.68. The highest BCUT2D eigenvalue weighted by Gasteiger charge is 2.31. The van der Waals surface area contributed by atoms with Crippen LogP contribution in [0.1, 0.15) is 36.8 Å². The van der Waals surface area contributed by atoms with Crippen LogP contribution in [0.15, 0.2) is 34.1 Å². The first-order chi connectivity index (χ1) is 9.93. The maximum absolute atomic E-state index is 6.22. The minimum absolute atomic E-state index is 0.0195. The fourth-order valence-corrected chi connectivity index (χ4v) is 3.92. The Labute approximate surface area is 137 Å². The van der Waals surface area contributed by atoms with Crippen molar-refractivity contribution in [3.05, 3.63) is 44.6 Å². The Morgan fingerprint density at radius 1 is 1.43 bits per heavy atom. The van der Waals surface area contributed by atoms with E-state index in [1.54, 1.807) is 11.3 Å². The number of hydrogen-bond donors (Lipinski definition) is 1. The summed E-state index contributed by atoms with van der Waals surface area (Å²) in [7, 11) is 0. The van der Waals surface area contributed by atoms with Gasteiger partial charge >= 0.3 is 0 Å². The quantitative estimate of drug-likeness (QED) is 0.858. The molecule has 0 saturated heterocycles. The van der Waals surface area contributed by atoms with Crippen LogP contribution in [0.2, 0.25) is 0 Å². The van der Waals surface area contributed by atoms with Crippen molar-refractivity contribution in [1.82, 2.24) is 0 Å². The molecule has 2 N–H and O–H groups in total. The van der Waals surface area contributed by atoms with E-state index in [1.807, 2.05) is 18.2 Å². The Morgan fingerprint density at radius 3 is 2.95 bits per heavy atom. The van der Waals surface area contributed by atoms with Gasteiger partial charge in [-0.15, -0.1) is 11.3 Å². The maximum Gasteiger partial charge on any atom is 0.128 e. The van der Waals surface area contributed by atoms with E-state index in [9.17, 15) is 0 Å². The van der Waals surface area contributed by atoms with Gasteiger partial charge in [0.15, 0.2) is 0 Å². The van der Waals surface area contributed by atoms with Crippen molar-refractivity contribution in [2.45, 2.75) is 38.5 Å². The number of benzene rings is 1. The van der Waals surface area contributed by atoms with Gasteiger partial charge in [-0.25, -0.2) is 0 Å². The maximum atomic E-state index is 6.22. The molecule has 2 aromatic rings. The van der Waals surface area contributed by atoms with Gasteiger partial charge in [-0.2, -0.15) is 0 Å². The second kappa shape index (κ2) is 5.63. The second-order valence-corrected chi connectivity index (χ2v) is 7.80. The average molecular weight is 368 g/mol. The number of ether oxygens (including phenoxy) is 2. The molecule has 0 radical (unpaired) electrons. The summed E-state index contributed by atoms with van der Waals surface area (Å²) < 4.78 is 13.0. The van der Waals surface area contributed by atoms with Crippen LogP contribution < -0.4 is 15.2 Å². The number of rotatable bonds is 3. The van der Waals surface area contributed by atoms with E-state index in [2.05, 4.69) is 41.2 Å². The van der Waals surface area contributed by atoms with Gasteiger partial charge in [-0.05, 0) is 41.9 Å². The average Bonchev–Trinajstić information content (AvgIpc) is 2.80. The monoisotopic (exact) mass is 367 g/mol. The summed E-state index contributed by atoms with van der Waals surface area (Å²) in [6, 6.07) is 8.00. The van der Waals surface area contributed by atoms with E-state index in [4.69, 9.17) is 15.2 Å². The first kappa shape index (κ1) is 14.9.